The van der Waals surface area contributed by atoms with Crippen molar-refractivity contribution in [2.75, 3.05) is 18.4 Å². The van der Waals surface area contributed by atoms with E-state index < -0.39 is 5.60 Å². The molecule has 0 aliphatic carbocycles. The number of anilines is 1. The van der Waals surface area contributed by atoms with Gasteiger partial charge in [-0.3, -0.25) is 0 Å². The fraction of sp³-hybridized carbons (Fsp3) is 0.393. The highest BCUT2D eigenvalue weighted by atomic mass is 35.5. The molecule has 3 heterocycles. The van der Waals surface area contributed by atoms with E-state index in [9.17, 15) is 4.79 Å². The Morgan fingerprint density at radius 3 is 2.69 bits per heavy atom. The van der Waals surface area contributed by atoms with Crippen LogP contribution in [0.1, 0.15) is 56.5 Å². The third-order valence-electron chi connectivity index (χ3n) is 6.65. The number of amides is 1. The molecule has 8 heteroatoms. The van der Waals surface area contributed by atoms with E-state index in [1.54, 1.807) is 4.90 Å². The van der Waals surface area contributed by atoms with Crippen LogP contribution >= 0.6 is 11.6 Å². The Morgan fingerprint density at radius 2 is 1.97 bits per heavy atom. The molecule has 1 unspecified atom stereocenters. The number of nitrogens with one attached hydrogen (secondary N) is 1. The number of carbonyl (C=O) groups excluding carboxylic acids is 1. The second-order valence-electron chi connectivity index (χ2n) is 10.4. The fourth-order valence-corrected chi connectivity index (χ4v) is 5.09. The Labute approximate surface area is 217 Å². The largest absolute Gasteiger partial charge is 0.444 e. The van der Waals surface area contributed by atoms with Gasteiger partial charge in [0.1, 0.15) is 5.60 Å². The van der Waals surface area contributed by atoms with Crippen molar-refractivity contribution >= 4 is 29.0 Å². The molecule has 2 aliphatic heterocycles. The van der Waals surface area contributed by atoms with Crippen LogP contribution in [0.3, 0.4) is 0 Å². The van der Waals surface area contributed by atoms with Gasteiger partial charge in [-0.15, -0.1) is 5.10 Å². The average Bonchev–Trinajstić information content (AvgIpc) is 3.13. The molecular formula is C28H32ClN5O2. The maximum atomic E-state index is 12.5. The van der Waals surface area contributed by atoms with Gasteiger partial charge in [0.2, 0.25) is 0 Å². The highest BCUT2D eigenvalue weighted by Crippen LogP contribution is 2.39. The summed E-state index contributed by atoms with van der Waals surface area (Å²) in [6, 6.07) is 14.5. The molecule has 1 aromatic heterocycles. The SMILES string of the molecule is Cc1nnn2c1-c1ccc(C3=CCN(C(=O)OC(C)(C)C)CC3)cc1C(Nc1ccccc1Cl)CC2. The molecule has 36 heavy (non-hydrogen) atoms. The van der Waals surface area contributed by atoms with Crippen LogP contribution in [0.2, 0.25) is 5.02 Å². The van der Waals surface area contributed by atoms with Crippen molar-refractivity contribution < 1.29 is 9.53 Å². The number of hydrogen-bond donors (Lipinski definition) is 1. The molecule has 0 saturated carbocycles. The number of hydrogen-bond acceptors (Lipinski definition) is 5. The van der Waals surface area contributed by atoms with E-state index in [1.165, 1.54) is 16.7 Å². The molecule has 5 rings (SSSR count). The highest BCUT2D eigenvalue weighted by molar-refractivity contribution is 6.33. The number of rotatable bonds is 3. The van der Waals surface area contributed by atoms with Crippen molar-refractivity contribution in [1.82, 2.24) is 19.9 Å². The van der Waals surface area contributed by atoms with Crippen LogP contribution in [-0.2, 0) is 11.3 Å². The molecule has 1 amide bonds. The number of fused-ring (bicyclic) bond motifs is 3. The molecule has 1 atom stereocenters. The van der Waals surface area contributed by atoms with Crippen LogP contribution in [0, 0.1) is 6.92 Å². The van der Waals surface area contributed by atoms with Gasteiger partial charge in [0.15, 0.2) is 0 Å². The molecule has 188 valence electrons. The standard InChI is InChI=1S/C28H32ClN5O2/c1-18-26-21-10-9-20(19-11-14-33(15-12-19)27(35)36-28(2,3)4)17-22(21)24(13-16-34(26)32-31-18)30-25-8-6-5-7-23(25)29/h5-11,17,24,30H,12-16H2,1-4H3. The van der Waals surface area contributed by atoms with Gasteiger partial charge in [-0.2, -0.15) is 0 Å². The predicted molar refractivity (Wildman–Crippen MR) is 143 cm³/mol. The smallest absolute Gasteiger partial charge is 0.410 e. The first-order chi connectivity index (χ1) is 17.2. The number of halogens is 1. The van der Waals surface area contributed by atoms with E-state index in [1.807, 2.05) is 56.6 Å². The van der Waals surface area contributed by atoms with Gasteiger partial charge < -0.3 is 15.0 Å². The minimum absolute atomic E-state index is 0.0587. The zero-order chi connectivity index (χ0) is 25.4. The first-order valence-electron chi connectivity index (χ1n) is 12.4. The van der Waals surface area contributed by atoms with Gasteiger partial charge >= 0.3 is 6.09 Å². The molecule has 0 spiro atoms. The maximum Gasteiger partial charge on any atom is 0.410 e. The van der Waals surface area contributed by atoms with Gasteiger partial charge in [0, 0.05) is 25.2 Å². The second-order valence-corrected chi connectivity index (χ2v) is 10.8. The van der Waals surface area contributed by atoms with E-state index in [0.717, 1.165) is 42.0 Å². The van der Waals surface area contributed by atoms with Crippen LogP contribution < -0.4 is 5.32 Å². The summed E-state index contributed by atoms with van der Waals surface area (Å²) in [6.07, 6.45) is 3.50. The lowest BCUT2D eigenvalue weighted by atomic mass is 9.90. The van der Waals surface area contributed by atoms with Crippen molar-refractivity contribution in [3.8, 4) is 11.3 Å². The normalized spacial score (nSPS) is 17.5. The topological polar surface area (TPSA) is 72.3 Å². The monoisotopic (exact) mass is 505 g/mol. The summed E-state index contributed by atoms with van der Waals surface area (Å²) in [5, 5.41) is 13.1. The number of aryl methyl sites for hydroxylation is 2. The van der Waals surface area contributed by atoms with Gasteiger partial charge in [0.25, 0.3) is 0 Å². The molecule has 1 N–H and O–H groups in total. The Hall–Kier alpha value is -3.32. The van der Waals surface area contributed by atoms with E-state index >= 15 is 0 Å². The summed E-state index contributed by atoms with van der Waals surface area (Å²) in [7, 11) is 0. The third kappa shape index (κ3) is 4.98. The molecule has 2 aliphatic rings. The van der Waals surface area contributed by atoms with Crippen molar-refractivity contribution in [2.45, 2.75) is 58.7 Å². The highest BCUT2D eigenvalue weighted by Gasteiger charge is 2.28. The van der Waals surface area contributed by atoms with Crippen LogP contribution in [0.25, 0.3) is 16.8 Å². The molecule has 0 bridgehead atoms. The lowest BCUT2D eigenvalue weighted by Gasteiger charge is -2.30. The summed E-state index contributed by atoms with van der Waals surface area (Å²) in [4.78, 5) is 14.3. The van der Waals surface area contributed by atoms with Gasteiger partial charge in [-0.1, -0.05) is 47.2 Å². The molecule has 2 aromatic carbocycles. The second kappa shape index (κ2) is 9.62. The van der Waals surface area contributed by atoms with E-state index in [2.05, 4.69) is 39.9 Å². The Kier molecular flexibility index (Phi) is 6.51. The number of carbonyl (C=O) groups is 1. The van der Waals surface area contributed by atoms with Crippen LogP contribution in [0.5, 0.6) is 0 Å². The first-order valence-corrected chi connectivity index (χ1v) is 12.8. The number of para-hydroxylation sites is 1. The third-order valence-corrected chi connectivity index (χ3v) is 6.98. The number of nitrogens with zero attached hydrogens (tertiary/aromatic N) is 4. The quantitative estimate of drug-likeness (QED) is 0.440. The van der Waals surface area contributed by atoms with Crippen molar-refractivity contribution in [3.63, 3.8) is 0 Å². The summed E-state index contributed by atoms with van der Waals surface area (Å²) in [5.41, 5.74) is 7.15. The van der Waals surface area contributed by atoms with Crippen LogP contribution in [-0.4, -0.2) is 44.7 Å². The minimum Gasteiger partial charge on any atom is -0.444 e. The van der Waals surface area contributed by atoms with E-state index in [-0.39, 0.29) is 12.1 Å². The van der Waals surface area contributed by atoms with Gasteiger partial charge in [-0.05, 0) is 75.4 Å². The summed E-state index contributed by atoms with van der Waals surface area (Å²) < 4.78 is 7.55. The number of benzene rings is 2. The average molecular weight is 506 g/mol. The summed E-state index contributed by atoms with van der Waals surface area (Å²) in [6.45, 7) is 9.61. The molecule has 0 fully saturated rings. The zero-order valence-corrected chi connectivity index (χ0v) is 22.0. The lowest BCUT2D eigenvalue weighted by Crippen LogP contribution is -2.39. The molecular weight excluding hydrogens is 474 g/mol. The van der Waals surface area contributed by atoms with Gasteiger partial charge in [0.05, 0.1) is 28.1 Å². The Balaban J connectivity index is 1.47. The number of ether oxygens (including phenoxy) is 1. The summed E-state index contributed by atoms with van der Waals surface area (Å²) >= 11 is 6.50. The van der Waals surface area contributed by atoms with Crippen molar-refractivity contribution in [3.05, 3.63) is 70.4 Å². The van der Waals surface area contributed by atoms with Gasteiger partial charge in [-0.25, -0.2) is 9.48 Å². The van der Waals surface area contributed by atoms with E-state index in [4.69, 9.17) is 16.3 Å². The molecule has 3 aromatic rings. The fourth-order valence-electron chi connectivity index (χ4n) is 4.90. The molecule has 0 radical (unpaired) electrons. The predicted octanol–water partition coefficient (Wildman–Crippen LogP) is 6.49. The van der Waals surface area contributed by atoms with E-state index in [0.29, 0.717) is 18.1 Å². The minimum atomic E-state index is -0.499. The first kappa shape index (κ1) is 24.4. The van der Waals surface area contributed by atoms with Crippen molar-refractivity contribution in [2.24, 2.45) is 0 Å². The zero-order valence-electron chi connectivity index (χ0n) is 21.2. The van der Waals surface area contributed by atoms with Crippen LogP contribution in [0.15, 0.2) is 48.5 Å². The lowest BCUT2D eigenvalue weighted by molar-refractivity contribution is 0.0270. The Morgan fingerprint density at radius 1 is 1.17 bits per heavy atom. The maximum absolute atomic E-state index is 12.5. The molecule has 0 saturated heterocycles. The van der Waals surface area contributed by atoms with Crippen molar-refractivity contribution in [1.29, 1.82) is 0 Å². The Bertz CT molecular complexity index is 1320. The molecule has 7 nitrogen and oxygen atoms in total. The van der Waals surface area contributed by atoms with Crippen LogP contribution in [0.4, 0.5) is 10.5 Å². The summed E-state index contributed by atoms with van der Waals surface area (Å²) in [5.74, 6) is 0. The number of aromatic nitrogens is 3.